The van der Waals surface area contributed by atoms with Gasteiger partial charge in [-0.2, -0.15) is 0 Å². The topological polar surface area (TPSA) is 44.8 Å². The highest BCUT2D eigenvalue weighted by Crippen LogP contribution is 2.33. The van der Waals surface area contributed by atoms with Gasteiger partial charge in [-0.25, -0.2) is 0 Å². The Balaban J connectivity index is 2.02. The summed E-state index contributed by atoms with van der Waals surface area (Å²) >= 11 is 0. The summed E-state index contributed by atoms with van der Waals surface area (Å²) in [5, 5.41) is 0. The Labute approximate surface area is 141 Å². The highest BCUT2D eigenvalue weighted by atomic mass is 16.5. The molecule has 4 heteroatoms. The molecule has 3 rings (SSSR count). The van der Waals surface area contributed by atoms with Crippen molar-refractivity contribution in [3.05, 3.63) is 58.2 Å². The number of rotatable bonds is 3. The fourth-order valence-corrected chi connectivity index (χ4v) is 2.95. The first kappa shape index (κ1) is 16.1. The van der Waals surface area contributed by atoms with Gasteiger partial charge in [-0.15, -0.1) is 0 Å². The maximum absolute atomic E-state index is 12.9. The molecule has 0 saturated heterocycles. The van der Waals surface area contributed by atoms with Crippen LogP contribution in [0, 0.1) is 13.8 Å². The van der Waals surface area contributed by atoms with Gasteiger partial charge in [0.15, 0.2) is 5.78 Å². The van der Waals surface area contributed by atoms with Gasteiger partial charge in [0.05, 0.1) is 19.8 Å². The average Bonchev–Trinajstić information content (AvgIpc) is 2.57. The Hall–Kier alpha value is -2.75. The van der Waals surface area contributed by atoms with Gasteiger partial charge in [-0.05, 0) is 49.2 Å². The van der Waals surface area contributed by atoms with Gasteiger partial charge in [-0.1, -0.05) is 6.07 Å². The minimum absolute atomic E-state index is 0.00613. The van der Waals surface area contributed by atoms with Crippen LogP contribution in [-0.4, -0.2) is 26.6 Å². The van der Waals surface area contributed by atoms with Crippen LogP contribution in [0.25, 0.3) is 6.08 Å². The molecule has 0 amide bonds. The molecular formula is C20H20O4. The van der Waals surface area contributed by atoms with Crippen LogP contribution in [0.15, 0.2) is 35.9 Å². The molecule has 0 spiro atoms. The summed E-state index contributed by atoms with van der Waals surface area (Å²) in [4.78, 5) is 12.9. The molecule has 24 heavy (non-hydrogen) atoms. The normalized spacial score (nSPS) is 15.0. The number of aryl methyl sites for hydroxylation is 2. The molecule has 1 aliphatic rings. The van der Waals surface area contributed by atoms with Crippen LogP contribution in [0.1, 0.15) is 27.0 Å². The molecule has 0 unspecified atom stereocenters. The molecule has 1 heterocycles. The van der Waals surface area contributed by atoms with Crippen molar-refractivity contribution in [3.63, 3.8) is 0 Å². The molecule has 0 bridgehead atoms. The molecule has 0 aliphatic carbocycles. The molecule has 0 atom stereocenters. The molecule has 0 aromatic heterocycles. The van der Waals surface area contributed by atoms with Crippen molar-refractivity contribution in [2.75, 3.05) is 20.8 Å². The van der Waals surface area contributed by atoms with Crippen LogP contribution >= 0.6 is 0 Å². The third-order valence-electron chi connectivity index (χ3n) is 4.12. The molecule has 0 fully saturated rings. The zero-order valence-corrected chi connectivity index (χ0v) is 14.3. The monoisotopic (exact) mass is 324 g/mol. The number of ketones is 1. The van der Waals surface area contributed by atoms with E-state index in [1.807, 2.05) is 44.2 Å². The van der Waals surface area contributed by atoms with Gasteiger partial charge in [-0.3, -0.25) is 4.79 Å². The summed E-state index contributed by atoms with van der Waals surface area (Å²) in [6.07, 6.45) is 1.82. The third kappa shape index (κ3) is 2.87. The van der Waals surface area contributed by atoms with Crippen LogP contribution in [0.5, 0.6) is 17.2 Å². The summed E-state index contributed by atoms with van der Waals surface area (Å²) in [6, 6.07) is 9.41. The summed E-state index contributed by atoms with van der Waals surface area (Å²) in [7, 11) is 3.20. The summed E-state index contributed by atoms with van der Waals surface area (Å²) in [6.45, 7) is 4.18. The summed E-state index contributed by atoms with van der Waals surface area (Å²) in [5.41, 5.74) is 4.09. The molecule has 0 saturated carbocycles. The number of carbonyl (C=O) groups is 1. The Bertz CT molecular complexity index is 834. The third-order valence-corrected chi connectivity index (χ3v) is 4.12. The molecule has 1 aliphatic heterocycles. The summed E-state index contributed by atoms with van der Waals surface area (Å²) in [5.74, 6) is 2.03. The fourth-order valence-electron chi connectivity index (χ4n) is 2.95. The van der Waals surface area contributed by atoms with Gasteiger partial charge >= 0.3 is 0 Å². The molecule has 0 radical (unpaired) electrons. The molecule has 4 nitrogen and oxygen atoms in total. The first-order valence-electron chi connectivity index (χ1n) is 7.75. The number of carbonyl (C=O) groups excluding carboxylic acids is 1. The number of Topliss-reactive ketones (excluding diaryl/α,β-unsaturated/α-hetero) is 1. The van der Waals surface area contributed by atoms with Crippen molar-refractivity contribution in [1.29, 1.82) is 0 Å². The van der Waals surface area contributed by atoms with E-state index in [1.165, 1.54) is 0 Å². The predicted octanol–water partition coefficient (Wildman–Crippen LogP) is 3.98. The minimum Gasteiger partial charge on any atom is -0.497 e. The standard InChI is InChI=1S/C20H20O4/c1-12-7-13(2)19-18(8-12)24-11-15(20(19)21)9-14-5-6-16(22-3)10-17(14)23-4/h5-10H,11H2,1-4H3/b15-9+. The number of hydrogen-bond donors (Lipinski definition) is 0. The maximum Gasteiger partial charge on any atom is 0.196 e. The van der Waals surface area contributed by atoms with Crippen LogP contribution in [0.3, 0.4) is 0 Å². The second-order valence-electron chi connectivity index (χ2n) is 5.85. The van der Waals surface area contributed by atoms with Crippen LogP contribution in [-0.2, 0) is 0 Å². The van der Waals surface area contributed by atoms with Crippen molar-refractivity contribution in [2.24, 2.45) is 0 Å². The molecular weight excluding hydrogens is 304 g/mol. The average molecular weight is 324 g/mol. The second kappa shape index (κ2) is 6.40. The van der Waals surface area contributed by atoms with E-state index >= 15 is 0 Å². The molecule has 2 aromatic carbocycles. The number of methoxy groups -OCH3 is 2. The smallest absolute Gasteiger partial charge is 0.196 e. The number of benzene rings is 2. The number of fused-ring (bicyclic) bond motifs is 1. The first-order valence-corrected chi connectivity index (χ1v) is 7.75. The molecule has 0 N–H and O–H groups in total. The number of hydrogen-bond acceptors (Lipinski definition) is 4. The lowest BCUT2D eigenvalue weighted by molar-refractivity contribution is 0.1000. The quantitative estimate of drug-likeness (QED) is 0.801. The minimum atomic E-state index is 0.00613. The molecule has 2 aromatic rings. The van der Waals surface area contributed by atoms with Crippen molar-refractivity contribution in [3.8, 4) is 17.2 Å². The van der Waals surface area contributed by atoms with E-state index in [0.29, 0.717) is 28.4 Å². The van der Waals surface area contributed by atoms with Crippen molar-refractivity contribution >= 4 is 11.9 Å². The lowest BCUT2D eigenvalue weighted by Gasteiger charge is -2.21. The summed E-state index contributed by atoms with van der Waals surface area (Å²) < 4.78 is 16.4. The Kier molecular flexibility index (Phi) is 4.30. The largest absolute Gasteiger partial charge is 0.497 e. The van der Waals surface area contributed by atoms with Crippen molar-refractivity contribution in [2.45, 2.75) is 13.8 Å². The van der Waals surface area contributed by atoms with E-state index in [4.69, 9.17) is 14.2 Å². The lowest BCUT2D eigenvalue weighted by atomic mass is 9.93. The van der Waals surface area contributed by atoms with Gasteiger partial charge < -0.3 is 14.2 Å². The maximum atomic E-state index is 12.9. The molecule has 124 valence electrons. The van der Waals surface area contributed by atoms with Crippen LogP contribution in [0.2, 0.25) is 0 Å². The first-order chi connectivity index (χ1) is 11.5. The Morgan fingerprint density at radius 2 is 1.88 bits per heavy atom. The second-order valence-corrected chi connectivity index (χ2v) is 5.85. The fraction of sp³-hybridized carbons (Fsp3) is 0.250. The Morgan fingerprint density at radius 1 is 1.08 bits per heavy atom. The van der Waals surface area contributed by atoms with E-state index in [0.717, 1.165) is 16.7 Å². The van der Waals surface area contributed by atoms with Crippen molar-refractivity contribution < 1.29 is 19.0 Å². The van der Waals surface area contributed by atoms with Gasteiger partial charge in [0.1, 0.15) is 23.9 Å². The van der Waals surface area contributed by atoms with E-state index < -0.39 is 0 Å². The van der Waals surface area contributed by atoms with E-state index in [1.54, 1.807) is 20.3 Å². The van der Waals surface area contributed by atoms with Crippen molar-refractivity contribution in [1.82, 2.24) is 0 Å². The van der Waals surface area contributed by atoms with Gasteiger partial charge in [0.25, 0.3) is 0 Å². The zero-order valence-electron chi connectivity index (χ0n) is 14.3. The predicted molar refractivity (Wildman–Crippen MR) is 93.3 cm³/mol. The van der Waals surface area contributed by atoms with E-state index in [-0.39, 0.29) is 12.4 Å². The van der Waals surface area contributed by atoms with Gasteiger partial charge in [0, 0.05) is 17.2 Å². The van der Waals surface area contributed by atoms with E-state index in [2.05, 4.69) is 0 Å². The lowest BCUT2D eigenvalue weighted by Crippen LogP contribution is -2.20. The zero-order chi connectivity index (χ0) is 17.3. The Morgan fingerprint density at radius 3 is 2.58 bits per heavy atom. The highest BCUT2D eigenvalue weighted by Gasteiger charge is 2.25. The van der Waals surface area contributed by atoms with Crippen LogP contribution in [0.4, 0.5) is 0 Å². The number of ether oxygens (including phenoxy) is 3. The highest BCUT2D eigenvalue weighted by molar-refractivity contribution is 6.15. The SMILES string of the molecule is COc1ccc(/C=C2\COc3cc(C)cc(C)c3C2=O)c(OC)c1. The van der Waals surface area contributed by atoms with Gasteiger partial charge in [0.2, 0.25) is 0 Å². The van der Waals surface area contributed by atoms with E-state index in [9.17, 15) is 4.79 Å². The van der Waals surface area contributed by atoms with Crippen LogP contribution < -0.4 is 14.2 Å².